The van der Waals surface area contributed by atoms with Crippen molar-refractivity contribution in [2.45, 2.75) is 25.3 Å². The number of piperazine rings is 1. The Bertz CT molecular complexity index is 568. The number of rotatable bonds is 3. The van der Waals surface area contributed by atoms with Crippen LogP contribution in [0.15, 0.2) is 24.3 Å². The topological polar surface area (TPSA) is 26.8 Å². The van der Waals surface area contributed by atoms with Crippen molar-refractivity contribution >= 4 is 11.6 Å². The van der Waals surface area contributed by atoms with Crippen molar-refractivity contribution < 1.29 is 9.18 Å². The first kappa shape index (κ1) is 14.9. The number of likely N-dealkylation sites (tertiary alicyclic amines) is 1. The Morgan fingerprint density at radius 3 is 2.52 bits per heavy atom. The average Bonchev–Trinajstić information content (AvgIpc) is 2.94. The van der Waals surface area contributed by atoms with E-state index in [1.807, 2.05) is 17.0 Å². The van der Waals surface area contributed by atoms with Crippen molar-refractivity contribution in [1.29, 1.82) is 0 Å². The smallest absolute Gasteiger partial charge is 0.236 e. The number of anilines is 1. The first-order chi connectivity index (χ1) is 11.2. The summed E-state index contributed by atoms with van der Waals surface area (Å²) in [6.45, 7) is 4.88. The lowest BCUT2D eigenvalue weighted by Crippen LogP contribution is -2.58. The molecule has 1 aliphatic carbocycles. The molecule has 2 aliphatic heterocycles. The SMILES string of the molecule is O=C(CN1CC2CCCC21)N1CCN(c2ccc(F)cc2)CC1. The van der Waals surface area contributed by atoms with Gasteiger partial charge >= 0.3 is 0 Å². The highest BCUT2D eigenvalue weighted by Crippen LogP contribution is 2.38. The normalized spacial score (nSPS) is 27.7. The van der Waals surface area contributed by atoms with Gasteiger partial charge < -0.3 is 9.80 Å². The molecule has 1 amide bonds. The summed E-state index contributed by atoms with van der Waals surface area (Å²) in [5.74, 6) is 0.926. The maximum absolute atomic E-state index is 13.0. The molecule has 23 heavy (non-hydrogen) atoms. The van der Waals surface area contributed by atoms with E-state index in [0.29, 0.717) is 12.6 Å². The highest BCUT2D eigenvalue weighted by atomic mass is 19.1. The van der Waals surface area contributed by atoms with E-state index >= 15 is 0 Å². The molecule has 4 rings (SSSR count). The number of carbonyl (C=O) groups excluding carboxylic acids is 1. The Morgan fingerprint density at radius 2 is 1.83 bits per heavy atom. The first-order valence-electron chi connectivity index (χ1n) is 8.73. The van der Waals surface area contributed by atoms with Gasteiger partial charge in [-0.15, -0.1) is 0 Å². The molecule has 0 aromatic heterocycles. The molecule has 5 heteroatoms. The second-order valence-corrected chi connectivity index (χ2v) is 7.03. The van der Waals surface area contributed by atoms with Gasteiger partial charge in [-0.1, -0.05) is 6.42 Å². The number of halogens is 1. The second-order valence-electron chi connectivity index (χ2n) is 7.03. The summed E-state index contributed by atoms with van der Waals surface area (Å²) >= 11 is 0. The molecule has 1 aromatic rings. The highest BCUT2D eigenvalue weighted by molar-refractivity contribution is 5.78. The van der Waals surface area contributed by atoms with E-state index in [1.165, 1.54) is 31.4 Å². The van der Waals surface area contributed by atoms with Crippen LogP contribution in [0.2, 0.25) is 0 Å². The van der Waals surface area contributed by atoms with Crippen molar-refractivity contribution in [3.8, 4) is 0 Å². The Kier molecular flexibility index (Phi) is 3.97. The number of hydrogen-bond donors (Lipinski definition) is 0. The number of amides is 1. The van der Waals surface area contributed by atoms with Gasteiger partial charge in [0.05, 0.1) is 6.54 Å². The van der Waals surface area contributed by atoms with E-state index in [2.05, 4.69) is 9.80 Å². The summed E-state index contributed by atoms with van der Waals surface area (Å²) in [6.07, 6.45) is 3.96. The van der Waals surface area contributed by atoms with Gasteiger partial charge in [-0.25, -0.2) is 4.39 Å². The molecule has 0 bridgehead atoms. The third kappa shape index (κ3) is 2.94. The Hall–Kier alpha value is -1.62. The third-order valence-corrected chi connectivity index (χ3v) is 5.72. The molecule has 2 atom stereocenters. The summed E-state index contributed by atoms with van der Waals surface area (Å²) < 4.78 is 13.0. The minimum absolute atomic E-state index is 0.206. The zero-order valence-electron chi connectivity index (χ0n) is 13.5. The number of carbonyl (C=O) groups is 1. The van der Waals surface area contributed by atoms with Crippen LogP contribution in [0.3, 0.4) is 0 Å². The van der Waals surface area contributed by atoms with Crippen molar-refractivity contribution in [3.63, 3.8) is 0 Å². The molecule has 0 radical (unpaired) electrons. The molecule has 0 N–H and O–H groups in total. The molecule has 0 spiro atoms. The van der Waals surface area contributed by atoms with Crippen LogP contribution in [0.5, 0.6) is 0 Å². The molecule has 1 saturated carbocycles. The fourth-order valence-corrected chi connectivity index (χ4v) is 4.33. The van der Waals surface area contributed by atoms with Crippen molar-refractivity contribution in [2.24, 2.45) is 5.92 Å². The van der Waals surface area contributed by atoms with Crippen LogP contribution in [0, 0.1) is 11.7 Å². The predicted octanol–water partition coefficient (Wildman–Crippen LogP) is 1.96. The van der Waals surface area contributed by atoms with Gasteiger partial charge in [-0.2, -0.15) is 0 Å². The maximum atomic E-state index is 13.0. The lowest BCUT2D eigenvalue weighted by atomic mass is 9.92. The van der Waals surface area contributed by atoms with Gasteiger partial charge in [0.25, 0.3) is 0 Å². The number of hydrogen-bond acceptors (Lipinski definition) is 3. The minimum atomic E-state index is -0.206. The number of benzene rings is 1. The summed E-state index contributed by atoms with van der Waals surface area (Å²) in [7, 11) is 0. The lowest BCUT2D eigenvalue weighted by Gasteiger charge is -2.45. The van der Waals surface area contributed by atoms with Crippen LogP contribution in [0.1, 0.15) is 19.3 Å². The van der Waals surface area contributed by atoms with Gasteiger partial charge in [0.15, 0.2) is 0 Å². The molecule has 3 fully saturated rings. The van der Waals surface area contributed by atoms with Crippen LogP contribution >= 0.6 is 0 Å². The zero-order valence-corrected chi connectivity index (χ0v) is 13.5. The van der Waals surface area contributed by atoms with Crippen LogP contribution in [0.25, 0.3) is 0 Å². The summed E-state index contributed by atoms with van der Waals surface area (Å²) in [5, 5.41) is 0. The predicted molar refractivity (Wildman–Crippen MR) is 87.9 cm³/mol. The Labute approximate surface area is 136 Å². The van der Waals surface area contributed by atoms with Crippen molar-refractivity contribution in [2.75, 3.05) is 44.2 Å². The Balaban J connectivity index is 1.27. The molecule has 2 saturated heterocycles. The number of nitrogens with zero attached hydrogens (tertiary/aromatic N) is 3. The average molecular weight is 317 g/mol. The summed E-state index contributed by atoms with van der Waals surface area (Å²) in [6, 6.07) is 7.29. The van der Waals surface area contributed by atoms with Crippen LogP contribution < -0.4 is 4.90 Å². The molecular weight excluding hydrogens is 293 g/mol. The third-order valence-electron chi connectivity index (χ3n) is 5.72. The lowest BCUT2D eigenvalue weighted by molar-refractivity contribution is -0.135. The van der Waals surface area contributed by atoms with Crippen molar-refractivity contribution in [1.82, 2.24) is 9.80 Å². The van der Waals surface area contributed by atoms with Gasteiger partial charge in [0.1, 0.15) is 5.82 Å². The second kappa shape index (κ2) is 6.11. The maximum Gasteiger partial charge on any atom is 0.236 e. The largest absolute Gasteiger partial charge is 0.368 e. The first-order valence-corrected chi connectivity index (χ1v) is 8.73. The monoisotopic (exact) mass is 317 g/mol. The van der Waals surface area contributed by atoms with E-state index < -0.39 is 0 Å². The van der Waals surface area contributed by atoms with Crippen LogP contribution in [0.4, 0.5) is 10.1 Å². The van der Waals surface area contributed by atoms with Crippen molar-refractivity contribution in [3.05, 3.63) is 30.1 Å². The highest BCUT2D eigenvalue weighted by Gasteiger charge is 2.42. The molecule has 4 nitrogen and oxygen atoms in total. The molecule has 2 heterocycles. The van der Waals surface area contributed by atoms with Gasteiger partial charge in [-0.3, -0.25) is 9.69 Å². The van der Waals surface area contributed by atoms with E-state index in [1.54, 1.807) is 0 Å². The van der Waals surface area contributed by atoms with Crippen LogP contribution in [-0.2, 0) is 4.79 Å². The standard InChI is InChI=1S/C18H24FN3O/c19-15-4-6-16(7-5-15)20-8-10-21(11-9-20)18(23)13-22-12-14-2-1-3-17(14)22/h4-7,14,17H,1-3,8-13H2. The fourth-order valence-electron chi connectivity index (χ4n) is 4.33. The van der Waals surface area contributed by atoms with E-state index in [4.69, 9.17) is 0 Å². The van der Waals surface area contributed by atoms with E-state index in [9.17, 15) is 9.18 Å². The van der Waals surface area contributed by atoms with Crippen LogP contribution in [-0.4, -0.2) is 61.0 Å². The molecule has 3 aliphatic rings. The minimum Gasteiger partial charge on any atom is -0.368 e. The van der Waals surface area contributed by atoms with E-state index in [-0.39, 0.29) is 11.7 Å². The van der Waals surface area contributed by atoms with Gasteiger partial charge in [-0.05, 0) is 43.0 Å². The molecular formula is C18H24FN3O. The fraction of sp³-hybridized carbons (Fsp3) is 0.611. The number of fused-ring (bicyclic) bond motifs is 1. The van der Waals surface area contributed by atoms with Gasteiger partial charge in [0.2, 0.25) is 5.91 Å². The summed E-state index contributed by atoms with van der Waals surface area (Å²) in [4.78, 5) is 19.1. The van der Waals surface area contributed by atoms with Gasteiger partial charge in [0, 0.05) is 44.5 Å². The zero-order chi connectivity index (χ0) is 15.8. The molecule has 124 valence electrons. The summed E-state index contributed by atoms with van der Waals surface area (Å²) in [5.41, 5.74) is 1.04. The molecule has 1 aromatic carbocycles. The molecule has 2 unspecified atom stereocenters. The van der Waals surface area contributed by atoms with E-state index in [0.717, 1.165) is 44.3 Å². The quantitative estimate of drug-likeness (QED) is 0.853. The Morgan fingerprint density at radius 1 is 1.09 bits per heavy atom.